The van der Waals surface area contributed by atoms with Crippen LogP contribution < -0.4 is 5.32 Å². The van der Waals surface area contributed by atoms with Crippen LogP contribution in [0.25, 0.3) is 11.1 Å². The van der Waals surface area contributed by atoms with Crippen molar-refractivity contribution in [2.24, 2.45) is 0 Å². The van der Waals surface area contributed by atoms with E-state index in [1.165, 1.54) is 0 Å². The van der Waals surface area contributed by atoms with Crippen molar-refractivity contribution in [3.8, 4) is 11.1 Å². The molecule has 6 heteroatoms. The van der Waals surface area contributed by atoms with Gasteiger partial charge in [0.15, 0.2) is 6.04 Å². The summed E-state index contributed by atoms with van der Waals surface area (Å²) in [5, 5.41) is 11.8. The summed E-state index contributed by atoms with van der Waals surface area (Å²) in [5.74, 6) is -1.19. The van der Waals surface area contributed by atoms with E-state index in [9.17, 15) is 14.7 Å². The number of aliphatic carboxylic acids is 1. The predicted octanol–water partition coefficient (Wildman–Crippen LogP) is 3.94. The number of carboxylic acids is 1. The Hall–Kier alpha value is -2.86. The number of rotatable bonds is 7. The van der Waals surface area contributed by atoms with Gasteiger partial charge in [0.05, 0.1) is 12.7 Å². The van der Waals surface area contributed by atoms with Crippen LogP contribution in [0.1, 0.15) is 42.7 Å². The first-order valence-electron chi connectivity index (χ1n) is 10.1. The number of alkyl carbamates (subject to hydrolysis) is 1. The standard InChI is InChI=1S/C23H25NO5/c25-22(26)21(14-28-15-7-1-2-8-15)24-23(27)29-13-20-18-11-5-3-9-16(18)17-10-4-6-12-19(17)20/h3-6,9-12,15,20-21H,1-2,7-8,13-14H2,(H,24,27)(H,25,26)/t21-/m0/s1. The molecule has 0 bridgehead atoms. The van der Waals surface area contributed by atoms with Gasteiger partial charge in [-0.25, -0.2) is 9.59 Å². The molecular weight excluding hydrogens is 370 g/mol. The Bertz CT molecular complexity index is 845. The van der Waals surface area contributed by atoms with Crippen molar-refractivity contribution in [3.63, 3.8) is 0 Å². The minimum absolute atomic E-state index is 0.0514. The monoisotopic (exact) mass is 395 g/mol. The first-order chi connectivity index (χ1) is 14.1. The van der Waals surface area contributed by atoms with Crippen molar-refractivity contribution >= 4 is 12.1 Å². The molecule has 2 N–H and O–H groups in total. The second-order valence-corrected chi connectivity index (χ2v) is 7.60. The molecule has 1 atom stereocenters. The Morgan fingerprint density at radius 2 is 1.59 bits per heavy atom. The van der Waals surface area contributed by atoms with E-state index in [0.717, 1.165) is 47.9 Å². The summed E-state index contributed by atoms with van der Waals surface area (Å²) in [7, 11) is 0. The SMILES string of the molecule is O=C(N[C@@H](COC1CCCC1)C(=O)O)OCC1c2ccccc2-c2ccccc21. The van der Waals surface area contributed by atoms with Crippen LogP contribution in [0, 0.1) is 0 Å². The number of ether oxygens (including phenoxy) is 2. The van der Waals surface area contributed by atoms with Crippen molar-refractivity contribution in [1.29, 1.82) is 0 Å². The number of carbonyl (C=O) groups excluding carboxylic acids is 1. The van der Waals surface area contributed by atoms with Gasteiger partial charge in [0.25, 0.3) is 0 Å². The Kier molecular flexibility index (Phi) is 5.81. The number of fused-ring (bicyclic) bond motifs is 3. The van der Waals surface area contributed by atoms with Gasteiger partial charge in [-0.3, -0.25) is 0 Å². The molecule has 1 saturated carbocycles. The zero-order chi connectivity index (χ0) is 20.2. The average molecular weight is 395 g/mol. The molecule has 2 aliphatic rings. The summed E-state index contributed by atoms with van der Waals surface area (Å²) >= 11 is 0. The van der Waals surface area contributed by atoms with Crippen LogP contribution in [0.5, 0.6) is 0 Å². The number of nitrogens with one attached hydrogen (secondary N) is 1. The fraction of sp³-hybridized carbons (Fsp3) is 0.391. The lowest BCUT2D eigenvalue weighted by molar-refractivity contribution is -0.141. The highest BCUT2D eigenvalue weighted by Crippen LogP contribution is 2.44. The topological polar surface area (TPSA) is 84.9 Å². The largest absolute Gasteiger partial charge is 0.480 e. The maximum absolute atomic E-state index is 12.3. The second kappa shape index (κ2) is 8.66. The van der Waals surface area contributed by atoms with Crippen LogP contribution in [-0.4, -0.2) is 42.5 Å². The number of benzene rings is 2. The molecular formula is C23H25NO5. The maximum atomic E-state index is 12.3. The van der Waals surface area contributed by atoms with E-state index in [1.807, 2.05) is 36.4 Å². The average Bonchev–Trinajstić information content (AvgIpc) is 3.35. The highest BCUT2D eigenvalue weighted by molar-refractivity contribution is 5.81. The molecule has 29 heavy (non-hydrogen) atoms. The quantitative estimate of drug-likeness (QED) is 0.742. The Balaban J connectivity index is 1.37. The van der Waals surface area contributed by atoms with E-state index >= 15 is 0 Å². The summed E-state index contributed by atoms with van der Waals surface area (Å²) in [6.07, 6.45) is 3.43. The van der Waals surface area contributed by atoms with E-state index in [-0.39, 0.29) is 25.2 Å². The van der Waals surface area contributed by atoms with Crippen molar-refractivity contribution in [2.45, 2.75) is 43.7 Å². The molecule has 1 amide bonds. The lowest BCUT2D eigenvalue weighted by atomic mass is 9.98. The number of carbonyl (C=O) groups is 2. The summed E-state index contributed by atoms with van der Waals surface area (Å²) in [6, 6.07) is 15.0. The molecule has 2 aromatic carbocycles. The molecule has 152 valence electrons. The van der Waals surface area contributed by atoms with Gasteiger partial charge in [-0.2, -0.15) is 0 Å². The van der Waals surface area contributed by atoms with E-state index in [2.05, 4.69) is 17.4 Å². The van der Waals surface area contributed by atoms with Gasteiger partial charge in [-0.1, -0.05) is 61.4 Å². The van der Waals surface area contributed by atoms with Crippen LogP contribution in [0.3, 0.4) is 0 Å². The molecule has 4 rings (SSSR count). The van der Waals surface area contributed by atoms with Gasteiger partial charge < -0.3 is 19.9 Å². The molecule has 0 heterocycles. The molecule has 6 nitrogen and oxygen atoms in total. The fourth-order valence-electron chi connectivity index (χ4n) is 4.24. The number of carboxylic acid groups (broad SMARTS) is 1. The number of amides is 1. The van der Waals surface area contributed by atoms with Gasteiger partial charge in [0.2, 0.25) is 0 Å². The van der Waals surface area contributed by atoms with Crippen LogP contribution in [-0.2, 0) is 14.3 Å². The van der Waals surface area contributed by atoms with Gasteiger partial charge >= 0.3 is 12.1 Å². The van der Waals surface area contributed by atoms with Crippen LogP contribution >= 0.6 is 0 Å². The first-order valence-corrected chi connectivity index (χ1v) is 10.1. The molecule has 1 fully saturated rings. The highest BCUT2D eigenvalue weighted by atomic mass is 16.6. The van der Waals surface area contributed by atoms with Crippen molar-refractivity contribution in [1.82, 2.24) is 5.32 Å². The third-order valence-electron chi connectivity index (χ3n) is 5.73. The normalized spacial score (nSPS) is 16.8. The molecule has 2 aromatic rings. The third kappa shape index (κ3) is 4.27. The Morgan fingerprint density at radius 3 is 2.17 bits per heavy atom. The fourth-order valence-corrected chi connectivity index (χ4v) is 4.24. The first kappa shape index (κ1) is 19.5. The summed E-state index contributed by atoms with van der Waals surface area (Å²) < 4.78 is 11.1. The minimum Gasteiger partial charge on any atom is -0.480 e. The number of hydrogen-bond acceptors (Lipinski definition) is 4. The van der Waals surface area contributed by atoms with Crippen LogP contribution in [0.2, 0.25) is 0 Å². The summed E-state index contributed by atoms with van der Waals surface area (Å²) in [5.41, 5.74) is 4.51. The minimum atomic E-state index is -1.13. The molecule has 2 aliphatic carbocycles. The van der Waals surface area contributed by atoms with Crippen molar-refractivity contribution in [2.75, 3.05) is 13.2 Å². The van der Waals surface area contributed by atoms with Crippen LogP contribution in [0.15, 0.2) is 48.5 Å². The zero-order valence-electron chi connectivity index (χ0n) is 16.2. The highest BCUT2D eigenvalue weighted by Gasteiger charge is 2.30. The van der Waals surface area contributed by atoms with Gasteiger partial charge in [0.1, 0.15) is 6.61 Å². The lowest BCUT2D eigenvalue weighted by Crippen LogP contribution is -2.45. The van der Waals surface area contributed by atoms with E-state index in [1.54, 1.807) is 0 Å². The molecule has 0 radical (unpaired) electrons. The van der Waals surface area contributed by atoms with Crippen molar-refractivity contribution in [3.05, 3.63) is 59.7 Å². The predicted molar refractivity (Wildman–Crippen MR) is 108 cm³/mol. The summed E-state index contributed by atoms with van der Waals surface area (Å²) in [4.78, 5) is 23.8. The summed E-state index contributed by atoms with van der Waals surface area (Å²) in [6.45, 7) is 0.0971. The van der Waals surface area contributed by atoms with Crippen LogP contribution in [0.4, 0.5) is 4.79 Å². The zero-order valence-corrected chi connectivity index (χ0v) is 16.2. The van der Waals surface area contributed by atoms with Gasteiger partial charge in [-0.05, 0) is 35.1 Å². The molecule has 0 unspecified atom stereocenters. The maximum Gasteiger partial charge on any atom is 0.407 e. The second-order valence-electron chi connectivity index (χ2n) is 7.60. The molecule has 0 aromatic heterocycles. The van der Waals surface area contributed by atoms with Gasteiger partial charge in [0, 0.05) is 5.92 Å². The lowest BCUT2D eigenvalue weighted by Gasteiger charge is -2.19. The molecule has 0 aliphatic heterocycles. The Labute approximate surface area is 169 Å². The molecule has 0 saturated heterocycles. The van der Waals surface area contributed by atoms with E-state index < -0.39 is 18.1 Å². The van der Waals surface area contributed by atoms with E-state index in [4.69, 9.17) is 9.47 Å². The molecule has 0 spiro atoms. The number of hydrogen-bond donors (Lipinski definition) is 2. The van der Waals surface area contributed by atoms with Crippen molar-refractivity contribution < 1.29 is 24.2 Å². The van der Waals surface area contributed by atoms with E-state index in [0.29, 0.717) is 0 Å². The Morgan fingerprint density at radius 1 is 1.00 bits per heavy atom. The third-order valence-corrected chi connectivity index (χ3v) is 5.73. The van der Waals surface area contributed by atoms with Gasteiger partial charge in [-0.15, -0.1) is 0 Å². The smallest absolute Gasteiger partial charge is 0.407 e.